The lowest BCUT2D eigenvalue weighted by atomic mass is 9.85. The number of carbonyl (C=O) groups excluding carboxylic acids is 1. The Morgan fingerprint density at radius 3 is 1.46 bits per heavy atom. The Kier molecular flexibility index (Phi) is 18.2. The van der Waals surface area contributed by atoms with E-state index in [1.54, 1.807) is 0 Å². The van der Waals surface area contributed by atoms with Gasteiger partial charge >= 0.3 is 0 Å². The van der Waals surface area contributed by atoms with Crippen molar-refractivity contribution in [2.24, 2.45) is 17.8 Å². The number of carbonyl (C=O) groups is 1. The quantitative estimate of drug-likeness (QED) is 0.106. The molecule has 1 aliphatic heterocycles. The van der Waals surface area contributed by atoms with Crippen LogP contribution in [0.3, 0.4) is 0 Å². The number of nitrogens with zero attached hydrogens (tertiary/aromatic N) is 1. The first-order valence-electron chi connectivity index (χ1n) is 17.5. The molecule has 0 spiro atoms. The van der Waals surface area contributed by atoms with E-state index < -0.39 is 0 Å². The summed E-state index contributed by atoms with van der Waals surface area (Å²) < 4.78 is 0. The van der Waals surface area contributed by atoms with Crippen molar-refractivity contribution in [3.8, 4) is 0 Å². The topological polar surface area (TPSA) is 20.3 Å². The van der Waals surface area contributed by atoms with Crippen LogP contribution in [0.5, 0.6) is 0 Å². The van der Waals surface area contributed by atoms with Gasteiger partial charge in [-0.05, 0) is 43.9 Å². The van der Waals surface area contributed by atoms with Gasteiger partial charge in [-0.25, -0.2) is 0 Å². The largest absolute Gasteiger partial charge is 0.298 e. The molecule has 0 aromatic rings. The minimum absolute atomic E-state index is 0.271. The SMILES string of the molecule is CCCCCCCC(CCCCCC)C(=O)C1C2CC2CN1C(CCCCCCC)CCCCCCC. The van der Waals surface area contributed by atoms with Crippen LogP contribution in [0, 0.1) is 17.8 Å². The van der Waals surface area contributed by atoms with Crippen molar-refractivity contribution >= 4 is 5.78 Å². The Labute approximate surface area is 233 Å². The van der Waals surface area contributed by atoms with Gasteiger partial charge < -0.3 is 0 Å². The van der Waals surface area contributed by atoms with Crippen LogP contribution < -0.4 is 0 Å². The molecule has 1 saturated carbocycles. The number of ketones is 1. The van der Waals surface area contributed by atoms with E-state index in [0.717, 1.165) is 18.8 Å². The summed E-state index contributed by atoms with van der Waals surface area (Å²) in [6.07, 6.45) is 31.8. The van der Waals surface area contributed by atoms with Gasteiger partial charge in [0.2, 0.25) is 0 Å². The van der Waals surface area contributed by atoms with Crippen LogP contribution in [0.15, 0.2) is 0 Å². The monoisotopic (exact) mass is 518 g/mol. The number of likely N-dealkylation sites (tertiary alicyclic amines) is 1. The molecule has 0 amide bonds. The highest BCUT2D eigenvalue weighted by molar-refractivity contribution is 5.87. The standard InChI is InChI=1S/C35H67NO/c1-5-9-13-17-21-25-30(24-20-16-12-8-4)35(37)34-33-28-31(33)29-36(34)32(26-22-18-14-10-6-2)27-23-19-15-11-7-3/h30-34H,5-29H2,1-4H3. The van der Waals surface area contributed by atoms with Gasteiger partial charge in [-0.3, -0.25) is 9.69 Å². The van der Waals surface area contributed by atoms with Gasteiger partial charge in [0.15, 0.2) is 5.78 Å². The van der Waals surface area contributed by atoms with Gasteiger partial charge in [0.05, 0.1) is 6.04 Å². The van der Waals surface area contributed by atoms with Crippen molar-refractivity contribution in [3.63, 3.8) is 0 Å². The summed E-state index contributed by atoms with van der Waals surface area (Å²) in [5.41, 5.74) is 0. The fraction of sp³-hybridized carbons (Fsp3) is 0.971. The van der Waals surface area contributed by atoms with Crippen LogP contribution in [-0.2, 0) is 4.79 Å². The van der Waals surface area contributed by atoms with Crippen molar-refractivity contribution in [1.29, 1.82) is 0 Å². The number of rotatable bonds is 26. The molecule has 37 heavy (non-hydrogen) atoms. The zero-order valence-electron chi connectivity index (χ0n) is 25.9. The Morgan fingerprint density at radius 1 is 0.595 bits per heavy atom. The molecule has 4 unspecified atom stereocenters. The van der Waals surface area contributed by atoms with Crippen molar-refractivity contribution in [1.82, 2.24) is 4.90 Å². The molecule has 0 radical (unpaired) electrons. The van der Waals surface area contributed by atoms with Crippen molar-refractivity contribution in [2.45, 2.75) is 194 Å². The van der Waals surface area contributed by atoms with Gasteiger partial charge in [0.25, 0.3) is 0 Å². The summed E-state index contributed by atoms with van der Waals surface area (Å²) in [5.74, 6) is 2.55. The Morgan fingerprint density at radius 2 is 1.00 bits per heavy atom. The second-order valence-electron chi connectivity index (χ2n) is 13.0. The number of Topliss-reactive ketones (excluding diaryl/α,β-unsaturated/α-hetero) is 1. The molecule has 0 N–H and O–H groups in total. The average molecular weight is 518 g/mol. The molecular weight excluding hydrogens is 450 g/mol. The van der Waals surface area contributed by atoms with Crippen LogP contribution in [-0.4, -0.2) is 29.3 Å². The maximum absolute atomic E-state index is 14.3. The lowest BCUT2D eigenvalue weighted by Crippen LogP contribution is -2.48. The molecule has 1 saturated heterocycles. The molecule has 4 atom stereocenters. The summed E-state index contributed by atoms with van der Waals surface area (Å²) >= 11 is 0. The predicted molar refractivity (Wildman–Crippen MR) is 163 cm³/mol. The summed E-state index contributed by atoms with van der Waals surface area (Å²) in [6.45, 7) is 10.5. The second kappa shape index (κ2) is 20.5. The third-order valence-electron chi connectivity index (χ3n) is 9.69. The minimum atomic E-state index is 0.271. The summed E-state index contributed by atoms with van der Waals surface area (Å²) in [5, 5.41) is 0. The highest BCUT2D eigenvalue weighted by Gasteiger charge is 2.56. The Balaban J connectivity index is 2.01. The molecule has 0 aromatic heterocycles. The van der Waals surface area contributed by atoms with E-state index in [9.17, 15) is 4.79 Å². The van der Waals surface area contributed by atoms with Gasteiger partial charge in [-0.1, -0.05) is 150 Å². The van der Waals surface area contributed by atoms with E-state index in [0.29, 0.717) is 23.7 Å². The fourth-order valence-electron chi connectivity index (χ4n) is 7.17. The van der Waals surface area contributed by atoms with E-state index in [4.69, 9.17) is 0 Å². The number of piperidine rings is 1. The zero-order chi connectivity index (χ0) is 26.7. The van der Waals surface area contributed by atoms with Crippen LogP contribution >= 0.6 is 0 Å². The van der Waals surface area contributed by atoms with Crippen LogP contribution in [0.1, 0.15) is 182 Å². The first-order valence-corrected chi connectivity index (χ1v) is 17.5. The average Bonchev–Trinajstić information content (AvgIpc) is 3.57. The summed E-state index contributed by atoms with van der Waals surface area (Å²) in [6, 6.07) is 0.934. The third kappa shape index (κ3) is 12.6. The highest BCUT2D eigenvalue weighted by atomic mass is 16.1. The number of unbranched alkanes of at least 4 members (excludes halogenated alkanes) is 15. The second-order valence-corrected chi connectivity index (χ2v) is 13.0. The number of hydrogen-bond acceptors (Lipinski definition) is 2. The summed E-state index contributed by atoms with van der Waals surface area (Å²) in [7, 11) is 0. The minimum Gasteiger partial charge on any atom is -0.298 e. The van der Waals surface area contributed by atoms with Gasteiger partial charge in [-0.2, -0.15) is 0 Å². The molecule has 0 aromatic carbocycles. The predicted octanol–water partition coefficient (Wildman–Crippen LogP) is 10.9. The normalized spacial score (nSPS) is 22.0. The van der Waals surface area contributed by atoms with E-state index in [1.807, 2.05) is 0 Å². The molecule has 0 bridgehead atoms. The molecule has 2 aliphatic rings. The highest BCUT2D eigenvalue weighted by Crippen LogP contribution is 2.52. The van der Waals surface area contributed by atoms with Gasteiger partial charge in [0, 0.05) is 18.5 Å². The van der Waals surface area contributed by atoms with E-state index in [2.05, 4.69) is 32.6 Å². The maximum atomic E-state index is 14.3. The molecule has 1 heterocycles. The molecule has 2 heteroatoms. The molecule has 218 valence electrons. The van der Waals surface area contributed by atoms with Crippen LogP contribution in [0.25, 0.3) is 0 Å². The molecule has 1 aliphatic carbocycles. The van der Waals surface area contributed by atoms with Crippen molar-refractivity contribution in [2.75, 3.05) is 6.54 Å². The smallest absolute Gasteiger partial charge is 0.153 e. The zero-order valence-corrected chi connectivity index (χ0v) is 25.9. The molecule has 2 rings (SSSR count). The lowest BCUT2D eigenvalue weighted by molar-refractivity contribution is -0.129. The van der Waals surface area contributed by atoms with Crippen molar-refractivity contribution in [3.05, 3.63) is 0 Å². The first kappa shape index (κ1) is 32.8. The first-order chi connectivity index (χ1) is 18.2. The summed E-state index contributed by atoms with van der Waals surface area (Å²) in [4.78, 5) is 17.1. The van der Waals surface area contributed by atoms with E-state index >= 15 is 0 Å². The Hall–Kier alpha value is -0.370. The van der Waals surface area contributed by atoms with Crippen molar-refractivity contribution < 1.29 is 4.79 Å². The Bertz CT molecular complexity index is 545. The third-order valence-corrected chi connectivity index (χ3v) is 9.69. The molecule has 2 nitrogen and oxygen atoms in total. The maximum Gasteiger partial charge on any atom is 0.153 e. The van der Waals surface area contributed by atoms with E-state index in [1.165, 1.54) is 148 Å². The molecule has 2 fully saturated rings. The van der Waals surface area contributed by atoms with Crippen LogP contribution in [0.4, 0.5) is 0 Å². The lowest BCUT2D eigenvalue weighted by Gasteiger charge is -2.36. The molecular formula is C35H67NO. The van der Waals surface area contributed by atoms with Gasteiger partial charge in [-0.15, -0.1) is 0 Å². The fourth-order valence-corrected chi connectivity index (χ4v) is 7.17. The van der Waals surface area contributed by atoms with Gasteiger partial charge in [0.1, 0.15) is 0 Å². The van der Waals surface area contributed by atoms with E-state index in [-0.39, 0.29) is 6.04 Å². The number of hydrogen-bond donors (Lipinski definition) is 0. The number of fused-ring (bicyclic) bond motifs is 1. The van der Waals surface area contributed by atoms with Crippen LogP contribution in [0.2, 0.25) is 0 Å².